The van der Waals surface area contributed by atoms with Crippen LogP contribution in [-0.4, -0.2) is 12.1 Å². The molecule has 0 radical (unpaired) electrons. The summed E-state index contributed by atoms with van der Waals surface area (Å²) in [6, 6.07) is 7.07. The average Bonchev–Trinajstić information content (AvgIpc) is 2.48. The standard InChI is InChI=1S/C16H22N2O3/c19-16(17-14-9-4-2-1-3-5-10-14)21-12-13-8-6-7-11-15(13)18-20/h6-8,11,14H,1-5,9-10,12H2,(H,17,19). The highest BCUT2D eigenvalue weighted by Crippen LogP contribution is 2.19. The summed E-state index contributed by atoms with van der Waals surface area (Å²) in [6.07, 6.45) is 7.71. The number of amides is 1. The van der Waals surface area contributed by atoms with Gasteiger partial charge in [-0.15, -0.1) is 4.91 Å². The van der Waals surface area contributed by atoms with Gasteiger partial charge in [0.15, 0.2) is 0 Å². The zero-order valence-electron chi connectivity index (χ0n) is 12.2. The van der Waals surface area contributed by atoms with Crippen molar-refractivity contribution in [2.24, 2.45) is 5.18 Å². The number of nitrogens with zero attached hydrogens (tertiary/aromatic N) is 1. The van der Waals surface area contributed by atoms with Crippen molar-refractivity contribution in [2.45, 2.75) is 57.6 Å². The maximum atomic E-state index is 11.8. The highest BCUT2D eigenvalue weighted by molar-refractivity contribution is 5.67. The summed E-state index contributed by atoms with van der Waals surface area (Å²) in [4.78, 5) is 22.5. The van der Waals surface area contributed by atoms with E-state index in [-0.39, 0.29) is 12.6 Å². The lowest BCUT2D eigenvalue weighted by molar-refractivity contribution is 0.134. The first-order valence-electron chi connectivity index (χ1n) is 7.64. The summed E-state index contributed by atoms with van der Waals surface area (Å²) in [6.45, 7) is 0.0699. The van der Waals surface area contributed by atoms with Crippen molar-refractivity contribution in [1.29, 1.82) is 0 Å². The van der Waals surface area contributed by atoms with Gasteiger partial charge >= 0.3 is 6.09 Å². The first-order valence-corrected chi connectivity index (χ1v) is 7.64. The molecule has 0 saturated heterocycles. The van der Waals surface area contributed by atoms with Crippen LogP contribution in [0.2, 0.25) is 0 Å². The quantitative estimate of drug-likeness (QED) is 0.834. The van der Waals surface area contributed by atoms with Crippen LogP contribution in [0.5, 0.6) is 0 Å². The van der Waals surface area contributed by atoms with Crippen molar-refractivity contribution < 1.29 is 9.53 Å². The molecule has 1 N–H and O–H groups in total. The highest BCUT2D eigenvalue weighted by atomic mass is 16.5. The fourth-order valence-corrected chi connectivity index (χ4v) is 2.67. The largest absolute Gasteiger partial charge is 0.445 e. The van der Waals surface area contributed by atoms with E-state index in [1.165, 1.54) is 19.3 Å². The molecule has 0 heterocycles. The lowest BCUT2D eigenvalue weighted by Gasteiger charge is -2.20. The van der Waals surface area contributed by atoms with Gasteiger partial charge in [-0.25, -0.2) is 4.79 Å². The Kier molecular flexibility index (Phi) is 6.19. The summed E-state index contributed by atoms with van der Waals surface area (Å²) in [5.74, 6) is 0. The summed E-state index contributed by atoms with van der Waals surface area (Å²) >= 11 is 0. The minimum absolute atomic E-state index is 0.0699. The van der Waals surface area contributed by atoms with Gasteiger partial charge in [-0.1, -0.05) is 50.3 Å². The van der Waals surface area contributed by atoms with Crippen molar-refractivity contribution in [3.8, 4) is 0 Å². The van der Waals surface area contributed by atoms with Crippen molar-refractivity contribution >= 4 is 11.8 Å². The predicted octanol–water partition coefficient (Wildman–Crippen LogP) is 4.42. The van der Waals surface area contributed by atoms with E-state index in [1.54, 1.807) is 24.3 Å². The number of benzene rings is 1. The molecule has 114 valence electrons. The normalized spacial score (nSPS) is 16.6. The van der Waals surface area contributed by atoms with Gasteiger partial charge in [-0.3, -0.25) is 0 Å². The summed E-state index contributed by atoms with van der Waals surface area (Å²) in [5.41, 5.74) is 0.941. The molecule has 1 amide bonds. The van der Waals surface area contributed by atoms with Gasteiger partial charge in [0, 0.05) is 11.6 Å². The van der Waals surface area contributed by atoms with Gasteiger partial charge in [0.2, 0.25) is 0 Å². The van der Waals surface area contributed by atoms with E-state index in [9.17, 15) is 9.70 Å². The summed E-state index contributed by atoms with van der Waals surface area (Å²) < 4.78 is 5.20. The fourth-order valence-electron chi connectivity index (χ4n) is 2.67. The molecule has 0 spiro atoms. The minimum atomic E-state index is -0.415. The molecular formula is C16H22N2O3. The van der Waals surface area contributed by atoms with Crippen molar-refractivity contribution in [2.75, 3.05) is 0 Å². The number of carbonyl (C=O) groups is 1. The Labute approximate surface area is 125 Å². The lowest BCUT2D eigenvalue weighted by Crippen LogP contribution is -2.35. The third kappa shape index (κ3) is 5.17. The molecule has 5 heteroatoms. The van der Waals surface area contributed by atoms with E-state index in [2.05, 4.69) is 10.5 Å². The van der Waals surface area contributed by atoms with E-state index in [0.717, 1.165) is 25.7 Å². The Balaban J connectivity index is 1.79. The van der Waals surface area contributed by atoms with Gasteiger partial charge in [0.25, 0.3) is 0 Å². The number of nitrogens with one attached hydrogen (secondary N) is 1. The molecule has 0 unspecified atom stereocenters. The third-order valence-corrected chi connectivity index (χ3v) is 3.88. The van der Waals surface area contributed by atoms with Crippen LogP contribution < -0.4 is 5.32 Å². The third-order valence-electron chi connectivity index (χ3n) is 3.88. The van der Waals surface area contributed by atoms with E-state index >= 15 is 0 Å². The number of rotatable bonds is 4. The second-order valence-electron chi connectivity index (χ2n) is 5.48. The molecular weight excluding hydrogens is 268 g/mol. The smallest absolute Gasteiger partial charge is 0.407 e. The molecule has 0 aromatic heterocycles. The highest BCUT2D eigenvalue weighted by Gasteiger charge is 2.15. The number of hydrogen-bond donors (Lipinski definition) is 1. The number of nitroso groups, excluding NO2 is 1. The monoisotopic (exact) mass is 290 g/mol. The van der Waals surface area contributed by atoms with E-state index < -0.39 is 6.09 Å². The van der Waals surface area contributed by atoms with E-state index in [0.29, 0.717) is 11.3 Å². The van der Waals surface area contributed by atoms with Crippen LogP contribution in [0.1, 0.15) is 50.5 Å². The Bertz CT molecular complexity index is 468. The zero-order valence-corrected chi connectivity index (χ0v) is 12.2. The molecule has 1 saturated carbocycles. The van der Waals surface area contributed by atoms with Crippen LogP contribution in [0.3, 0.4) is 0 Å². The lowest BCUT2D eigenvalue weighted by atomic mass is 9.97. The second kappa shape index (κ2) is 8.39. The zero-order chi connectivity index (χ0) is 14.9. The maximum Gasteiger partial charge on any atom is 0.407 e. The molecule has 1 aromatic rings. The van der Waals surface area contributed by atoms with Crippen molar-refractivity contribution in [1.82, 2.24) is 5.32 Å². The van der Waals surface area contributed by atoms with Gasteiger partial charge in [-0.2, -0.15) is 0 Å². The Morgan fingerprint density at radius 1 is 1.14 bits per heavy atom. The number of carbonyl (C=O) groups excluding carboxylic acids is 1. The second-order valence-corrected chi connectivity index (χ2v) is 5.48. The van der Waals surface area contributed by atoms with Crippen LogP contribution in [0.4, 0.5) is 10.5 Å². The van der Waals surface area contributed by atoms with Crippen LogP contribution in [-0.2, 0) is 11.3 Å². The summed E-state index contributed by atoms with van der Waals surface area (Å²) in [7, 11) is 0. The molecule has 5 nitrogen and oxygen atoms in total. The van der Waals surface area contributed by atoms with Crippen molar-refractivity contribution in [3.63, 3.8) is 0 Å². The molecule has 0 bridgehead atoms. The van der Waals surface area contributed by atoms with E-state index in [4.69, 9.17) is 4.74 Å². The molecule has 1 aliphatic rings. The van der Waals surface area contributed by atoms with Crippen molar-refractivity contribution in [3.05, 3.63) is 34.7 Å². The predicted molar refractivity (Wildman–Crippen MR) is 81.3 cm³/mol. The first kappa shape index (κ1) is 15.5. The topological polar surface area (TPSA) is 67.8 Å². The first-order chi connectivity index (χ1) is 10.3. The SMILES string of the molecule is O=Nc1ccccc1COC(=O)NC1CCCCCCC1. The molecule has 1 aliphatic carbocycles. The summed E-state index contributed by atoms with van der Waals surface area (Å²) in [5, 5.41) is 5.85. The number of alkyl carbamates (subject to hydrolysis) is 1. The molecule has 21 heavy (non-hydrogen) atoms. The van der Waals surface area contributed by atoms with Crippen LogP contribution >= 0.6 is 0 Å². The number of hydrogen-bond acceptors (Lipinski definition) is 4. The van der Waals surface area contributed by atoms with Gasteiger partial charge < -0.3 is 10.1 Å². The molecule has 1 aromatic carbocycles. The number of ether oxygens (including phenoxy) is 1. The molecule has 2 rings (SSSR count). The maximum absolute atomic E-state index is 11.8. The van der Waals surface area contributed by atoms with Gasteiger partial charge in [0.05, 0.1) is 0 Å². The van der Waals surface area contributed by atoms with Crippen LogP contribution in [0, 0.1) is 4.91 Å². The van der Waals surface area contributed by atoms with Crippen LogP contribution in [0.25, 0.3) is 0 Å². The Morgan fingerprint density at radius 3 is 2.52 bits per heavy atom. The molecule has 0 aliphatic heterocycles. The Morgan fingerprint density at radius 2 is 1.81 bits per heavy atom. The van der Waals surface area contributed by atoms with E-state index in [1.807, 2.05) is 0 Å². The Hall–Kier alpha value is -1.91. The van der Waals surface area contributed by atoms with Gasteiger partial charge in [0.1, 0.15) is 12.3 Å². The minimum Gasteiger partial charge on any atom is -0.445 e. The molecule has 1 fully saturated rings. The fraction of sp³-hybridized carbons (Fsp3) is 0.562. The average molecular weight is 290 g/mol. The molecule has 0 atom stereocenters. The van der Waals surface area contributed by atoms with Crippen LogP contribution in [0.15, 0.2) is 29.4 Å². The van der Waals surface area contributed by atoms with Gasteiger partial charge in [-0.05, 0) is 24.1 Å².